The monoisotopic (exact) mass is 755 g/mol. The summed E-state index contributed by atoms with van der Waals surface area (Å²) >= 11 is 0. The number of hydrogen-bond acceptors (Lipinski definition) is 11. The van der Waals surface area contributed by atoms with Crippen molar-refractivity contribution < 1.29 is 52.3 Å². The summed E-state index contributed by atoms with van der Waals surface area (Å²) in [5.41, 5.74) is 2.18. The minimum Gasteiger partial charge on any atom is -0.467 e. The molecule has 0 aliphatic carbocycles. The minimum atomic E-state index is -1.33. The maximum Gasteiger partial charge on any atom is 0.408 e. The molecule has 12 nitrogen and oxygen atoms in total. The van der Waals surface area contributed by atoms with E-state index in [1.165, 1.54) is 7.11 Å². The summed E-state index contributed by atoms with van der Waals surface area (Å²) in [7, 11) is 1.19. The molecule has 1 aliphatic rings. The fourth-order valence-electron chi connectivity index (χ4n) is 5.78. The summed E-state index contributed by atoms with van der Waals surface area (Å²) in [6, 6.07) is 36.0. The largest absolute Gasteiger partial charge is 0.467 e. The first-order chi connectivity index (χ1) is 26.6. The normalized spacial score (nSPS) is 20.2. The van der Waals surface area contributed by atoms with Crippen LogP contribution in [-0.2, 0) is 62.5 Å². The second-order valence-corrected chi connectivity index (χ2v) is 13.9. The van der Waals surface area contributed by atoms with Crippen LogP contribution in [0.25, 0.3) is 0 Å². The van der Waals surface area contributed by atoms with Crippen molar-refractivity contribution in [2.24, 2.45) is 0 Å². The van der Waals surface area contributed by atoms with Crippen molar-refractivity contribution in [3.63, 3.8) is 0 Å². The molecule has 0 unspecified atom stereocenters. The van der Waals surface area contributed by atoms with E-state index in [4.69, 9.17) is 37.9 Å². The average Bonchev–Trinajstić information content (AvgIpc) is 3.19. The quantitative estimate of drug-likeness (QED) is 0.0946. The fraction of sp³-hybridized carbons (Fsp3) is 0.372. The molecule has 0 radical (unpaired) electrons. The number of benzene rings is 4. The standard InChI is InChI=1S/C43H49NO11/c1-43(2,3)55-42(47)44-34(40(46)48-4)28-52-41-38(54-39(45)33-23-15-8-16-24-33)37(51-27-32-21-13-7-14-22-32)36(50-26-31-19-11-6-12-20-31)35(53-41)29-49-25-30-17-9-5-10-18-30/h5-24,34-38,41H,25-29H2,1-4H3,(H,44,47)/t34-,35+,36+,37-,38+,41+/m0/s1. The van der Waals surface area contributed by atoms with Gasteiger partial charge in [-0.05, 0) is 49.6 Å². The van der Waals surface area contributed by atoms with Gasteiger partial charge < -0.3 is 43.2 Å². The second kappa shape index (κ2) is 20.5. The summed E-state index contributed by atoms with van der Waals surface area (Å²) in [5.74, 6) is -1.45. The average molecular weight is 756 g/mol. The Balaban J connectivity index is 1.49. The Labute approximate surface area is 321 Å². The van der Waals surface area contributed by atoms with E-state index in [1.807, 2.05) is 91.0 Å². The van der Waals surface area contributed by atoms with E-state index in [-0.39, 0.29) is 32.0 Å². The molecule has 1 N–H and O–H groups in total. The summed E-state index contributed by atoms with van der Waals surface area (Å²) in [4.78, 5) is 39.4. The second-order valence-electron chi connectivity index (χ2n) is 13.9. The van der Waals surface area contributed by atoms with Crippen LogP contribution in [0.1, 0.15) is 47.8 Å². The number of rotatable bonds is 17. The highest BCUT2D eigenvalue weighted by Gasteiger charge is 2.51. The van der Waals surface area contributed by atoms with Gasteiger partial charge in [-0.15, -0.1) is 0 Å². The number of esters is 2. The van der Waals surface area contributed by atoms with E-state index in [0.29, 0.717) is 0 Å². The van der Waals surface area contributed by atoms with Crippen molar-refractivity contribution in [1.29, 1.82) is 0 Å². The molecule has 6 atom stereocenters. The first-order valence-corrected chi connectivity index (χ1v) is 18.1. The van der Waals surface area contributed by atoms with Gasteiger partial charge in [0.05, 0.1) is 45.7 Å². The smallest absolute Gasteiger partial charge is 0.408 e. The van der Waals surface area contributed by atoms with Crippen LogP contribution in [0.2, 0.25) is 0 Å². The van der Waals surface area contributed by atoms with Crippen molar-refractivity contribution in [2.45, 2.75) is 82.9 Å². The van der Waals surface area contributed by atoms with Crippen LogP contribution in [0.5, 0.6) is 0 Å². The molecule has 1 amide bonds. The van der Waals surface area contributed by atoms with Crippen LogP contribution in [0.4, 0.5) is 4.79 Å². The topological polar surface area (TPSA) is 137 Å². The van der Waals surface area contributed by atoms with E-state index in [1.54, 1.807) is 51.1 Å². The van der Waals surface area contributed by atoms with Gasteiger partial charge in [0.25, 0.3) is 0 Å². The maximum absolute atomic E-state index is 13.7. The van der Waals surface area contributed by atoms with Gasteiger partial charge in [0.1, 0.15) is 23.9 Å². The van der Waals surface area contributed by atoms with Crippen LogP contribution < -0.4 is 5.32 Å². The maximum atomic E-state index is 13.7. The Morgan fingerprint density at radius 3 is 1.71 bits per heavy atom. The van der Waals surface area contributed by atoms with Crippen molar-refractivity contribution in [1.82, 2.24) is 5.32 Å². The lowest BCUT2D eigenvalue weighted by Gasteiger charge is -2.45. The van der Waals surface area contributed by atoms with Crippen molar-refractivity contribution in [3.8, 4) is 0 Å². The predicted molar refractivity (Wildman–Crippen MR) is 202 cm³/mol. The Morgan fingerprint density at radius 2 is 1.18 bits per heavy atom. The van der Waals surface area contributed by atoms with Gasteiger partial charge in [-0.25, -0.2) is 14.4 Å². The van der Waals surface area contributed by atoms with Gasteiger partial charge >= 0.3 is 18.0 Å². The van der Waals surface area contributed by atoms with Gasteiger partial charge in [0.15, 0.2) is 18.4 Å². The number of alkyl carbamates (subject to hydrolysis) is 1. The molecule has 1 heterocycles. The van der Waals surface area contributed by atoms with E-state index in [0.717, 1.165) is 16.7 Å². The van der Waals surface area contributed by atoms with E-state index in [9.17, 15) is 14.4 Å². The number of nitrogens with one attached hydrogen (secondary N) is 1. The van der Waals surface area contributed by atoms with Crippen molar-refractivity contribution in [3.05, 3.63) is 144 Å². The van der Waals surface area contributed by atoms with Crippen molar-refractivity contribution in [2.75, 3.05) is 20.3 Å². The van der Waals surface area contributed by atoms with E-state index >= 15 is 0 Å². The Bertz CT molecular complexity index is 1750. The number of carbonyl (C=O) groups excluding carboxylic acids is 3. The highest BCUT2D eigenvalue weighted by atomic mass is 16.7. The lowest BCUT2D eigenvalue weighted by molar-refractivity contribution is -0.318. The SMILES string of the molecule is COC(=O)[C@H](CO[C@@H]1O[C@H](COCc2ccccc2)[C@@H](OCc2ccccc2)[C@H](OCc2ccccc2)[C@H]1OC(=O)c1ccccc1)NC(=O)OC(C)(C)C. The third-order valence-electron chi connectivity index (χ3n) is 8.41. The minimum absolute atomic E-state index is 0.0371. The third kappa shape index (κ3) is 13.0. The van der Waals surface area contributed by atoms with Crippen LogP contribution in [0, 0.1) is 0 Å². The number of carbonyl (C=O) groups is 3. The van der Waals surface area contributed by atoms with Crippen LogP contribution in [0.3, 0.4) is 0 Å². The molecule has 4 aromatic carbocycles. The molecule has 1 fully saturated rings. The van der Waals surface area contributed by atoms with Crippen LogP contribution >= 0.6 is 0 Å². The highest BCUT2D eigenvalue weighted by molar-refractivity contribution is 5.89. The number of hydrogen-bond donors (Lipinski definition) is 1. The predicted octanol–water partition coefficient (Wildman–Crippen LogP) is 6.41. The molecule has 5 rings (SSSR count). The zero-order valence-electron chi connectivity index (χ0n) is 31.5. The lowest BCUT2D eigenvalue weighted by Crippen LogP contribution is -2.62. The first-order valence-electron chi connectivity index (χ1n) is 18.1. The molecular weight excluding hydrogens is 706 g/mol. The van der Waals surface area contributed by atoms with Gasteiger partial charge in [0.2, 0.25) is 0 Å². The van der Waals surface area contributed by atoms with Gasteiger partial charge in [-0.3, -0.25) is 0 Å². The molecule has 55 heavy (non-hydrogen) atoms. The molecule has 4 aromatic rings. The summed E-state index contributed by atoms with van der Waals surface area (Å²) < 4.78 is 48.8. The molecule has 1 aliphatic heterocycles. The Kier molecular flexibility index (Phi) is 15.3. The Hall–Kier alpha value is -5.11. The van der Waals surface area contributed by atoms with E-state index in [2.05, 4.69) is 5.32 Å². The molecular formula is C43H49NO11. The zero-order valence-corrected chi connectivity index (χ0v) is 31.5. The fourth-order valence-corrected chi connectivity index (χ4v) is 5.78. The summed E-state index contributed by atoms with van der Waals surface area (Å²) in [5, 5.41) is 2.51. The molecule has 292 valence electrons. The van der Waals surface area contributed by atoms with Gasteiger partial charge in [0, 0.05) is 0 Å². The molecule has 0 spiro atoms. The highest BCUT2D eigenvalue weighted by Crippen LogP contribution is 2.32. The van der Waals surface area contributed by atoms with Gasteiger partial charge in [-0.2, -0.15) is 0 Å². The van der Waals surface area contributed by atoms with Crippen LogP contribution in [-0.4, -0.2) is 80.7 Å². The number of amides is 1. The number of ether oxygens (including phenoxy) is 8. The summed E-state index contributed by atoms with van der Waals surface area (Å²) in [6.45, 7) is 5.29. The summed E-state index contributed by atoms with van der Waals surface area (Å²) in [6.07, 6.45) is -6.06. The van der Waals surface area contributed by atoms with E-state index < -0.39 is 67.0 Å². The third-order valence-corrected chi connectivity index (χ3v) is 8.41. The molecule has 0 bridgehead atoms. The molecule has 0 aromatic heterocycles. The van der Waals surface area contributed by atoms with Crippen molar-refractivity contribution >= 4 is 18.0 Å². The molecule has 1 saturated heterocycles. The van der Waals surface area contributed by atoms with Crippen LogP contribution in [0.15, 0.2) is 121 Å². The first kappa shape index (κ1) is 41.1. The lowest BCUT2D eigenvalue weighted by atomic mass is 9.97. The number of methoxy groups -OCH3 is 1. The van der Waals surface area contributed by atoms with Gasteiger partial charge in [-0.1, -0.05) is 109 Å². The Morgan fingerprint density at radius 1 is 0.673 bits per heavy atom. The molecule has 12 heteroatoms. The zero-order chi connectivity index (χ0) is 39.0. The molecule has 0 saturated carbocycles.